The molecular weight excluding hydrogens is 294 g/mol. The van der Waals surface area contributed by atoms with E-state index in [1.165, 1.54) is 5.56 Å². The molecule has 5 heteroatoms. The minimum atomic E-state index is -0.632. The highest BCUT2D eigenvalue weighted by Crippen LogP contribution is 2.35. The topological polar surface area (TPSA) is 68.0 Å². The molecule has 3 rings (SSSR count). The first-order valence-corrected chi connectivity index (χ1v) is 8.35. The Bertz CT molecular complexity index is 701. The fourth-order valence-corrected chi connectivity index (χ4v) is 3.47. The molecule has 1 atom stereocenters. The van der Waals surface area contributed by atoms with Crippen LogP contribution in [0.4, 0.5) is 0 Å². The number of amides is 1. The first kappa shape index (κ1) is 15.2. The first-order valence-electron chi connectivity index (χ1n) is 7.53. The van der Waals surface area contributed by atoms with Gasteiger partial charge in [0.05, 0.1) is 22.2 Å². The molecule has 4 nitrogen and oxygen atoms in total. The molecule has 1 aliphatic rings. The van der Waals surface area contributed by atoms with E-state index < -0.39 is 5.54 Å². The van der Waals surface area contributed by atoms with Crippen LogP contribution in [-0.4, -0.2) is 16.4 Å². The van der Waals surface area contributed by atoms with Crippen LogP contribution in [-0.2, 0) is 4.79 Å². The quantitative estimate of drug-likeness (QED) is 0.911. The van der Waals surface area contributed by atoms with Gasteiger partial charge in [-0.15, -0.1) is 11.3 Å². The van der Waals surface area contributed by atoms with Gasteiger partial charge in [0.15, 0.2) is 0 Å². The molecule has 22 heavy (non-hydrogen) atoms. The molecular formula is C17H21N3OS. The number of nitrogens with one attached hydrogen (secondary N) is 1. The fraction of sp³-hybridized carbons (Fsp3) is 0.412. The van der Waals surface area contributed by atoms with E-state index in [4.69, 9.17) is 5.73 Å². The van der Waals surface area contributed by atoms with Gasteiger partial charge >= 0.3 is 0 Å². The van der Waals surface area contributed by atoms with Crippen LogP contribution in [0.25, 0.3) is 10.6 Å². The Hall–Kier alpha value is -1.72. The minimum absolute atomic E-state index is 0.0512. The zero-order valence-electron chi connectivity index (χ0n) is 13.1. The zero-order valence-corrected chi connectivity index (χ0v) is 14.0. The van der Waals surface area contributed by atoms with Crippen LogP contribution >= 0.6 is 11.3 Å². The van der Waals surface area contributed by atoms with Crippen LogP contribution in [0.15, 0.2) is 24.3 Å². The van der Waals surface area contributed by atoms with Crippen molar-refractivity contribution in [3.63, 3.8) is 0 Å². The van der Waals surface area contributed by atoms with Crippen LogP contribution in [0, 0.1) is 13.8 Å². The van der Waals surface area contributed by atoms with Crippen LogP contribution in [0.3, 0.4) is 0 Å². The van der Waals surface area contributed by atoms with Gasteiger partial charge in [-0.05, 0) is 33.6 Å². The third kappa shape index (κ3) is 2.91. The highest BCUT2D eigenvalue weighted by molar-refractivity contribution is 7.15. The molecule has 1 aromatic heterocycles. The maximum atomic E-state index is 12.1. The number of carbonyl (C=O) groups is 1. The third-order valence-corrected chi connectivity index (χ3v) is 5.50. The Kier molecular flexibility index (Phi) is 3.78. The predicted molar refractivity (Wildman–Crippen MR) is 89.7 cm³/mol. The second-order valence-corrected chi connectivity index (χ2v) is 7.22. The Morgan fingerprint density at radius 1 is 1.32 bits per heavy atom. The summed E-state index contributed by atoms with van der Waals surface area (Å²) in [4.78, 5) is 17.8. The molecule has 2 aromatic rings. The molecule has 0 aliphatic heterocycles. The monoisotopic (exact) mass is 315 g/mol. The van der Waals surface area contributed by atoms with Gasteiger partial charge in [0.2, 0.25) is 5.91 Å². The van der Waals surface area contributed by atoms with Crippen LogP contribution in [0.1, 0.15) is 41.9 Å². The molecule has 116 valence electrons. The number of carbonyl (C=O) groups excluding carboxylic acids is 1. The number of nitrogens with zero attached hydrogens (tertiary/aromatic N) is 1. The van der Waals surface area contributed by atoms with Crippen LogP contribution < -0.4 is 11.1 Å². The molecule has 0 saturated heterocycles. The van der Waals surface area contributed by atoms with Crippen molar-refractivity contribution < 1.29 is 4.79 Å². The number of aryl methyl sites for hydroxylation is 2. The minimum Gasteiger partial charge on any atom is -0.347 e. The van der Waals surface area contributed by atoms with Crippen LogP contribution in [0.2, 0.25) is 0 Å². The second kappa shape index (κ2) is 5.48. The highest BCUT2D eigenvalue weighted by atomic mass is 32.1. The van der Waals surface area contributed by atoms with Gasteiger partial charge in [0.1, 0.15) is 5.01 Å². The van der Waals surface area contributed by atoms with Crippen molar-refractivity contribution in [1.82, 2.24) is 10.3 Å². The molecule has 1 saturated carbocycles. The van der Waals surface area contributed by atoms with E-state index in [1.54, 1.807) is 11.3 Å². The predicted octanol–water partition coefficient (Wildman–Crippen LogP) is 3.10. The molecule has 0 spiro atoms. The molecule has 1 aromatic carbocycles. The summed E-state index contributed by atoms with van der Waals surface area (Å²) in [7, 11) is 0. The standard InChI is InChI=1S/C17H21N3OS/c1-10-4-6-13(7-5-10)15-19-11(2)14(22-15)12(3)20-16(21)17(18)8-9-17/h4-7,12H,8-9,18H2,1-3H3,(H,20,21). The summed E-state index contributed by atoms with van der Waals surface area (Å²) in [5.41, 5.74) is 8.62. The van der Waals surface area contributed by atoms with Gasteiger partial charge in [0, 0.05) is 5.56 Å². The van der Waals surface area contributed by atoms with Gasteiger partial charge < -0.3 is 11.1 Å². The van der Waals surface area contributed by atoms with E-state index in [2.05, 4.69) is 41.5 Å². The zero-order chi connectivity index (χ0) is 15.9. The summed E-state index contributed by atoms with van der Waals surface area (Å²) < 4.78 is 0. The average molecular weight is 315 g/mol. The summed E-state index contributed by atoms with van der Waals surface area (Å²) in [6, 6.07) is 8.27. The van der Waals surface area contributed by atoms with Crippen molar-refractivity contribution in [3.8, 4) is 10.6 Å². The van der Waals surface area contributed by atoms with E-state index in [-0.39, 0.29) is 11.9 Å². The number of benzene rings is 1. The Labute approximate surface area is 134 Å². The molecule has 0 radical (unpaired) electrons. The lowest BCUT2D eigenvalue weighted by Crippen LogP contribution is -2.43. The normalized spacial score (nSPS) is 17.1. The Morgan fingerprint density at radius 2 is 1.95 bits per heavy atom. The smallest absolute Gasteiger partial charge is 0.240 e. The van der Waals surface area contributed by atoms with E-state index >= 15 is 0 Å². The van der Waals surface area contributed by atoms with Crippen molar-refractivity contribution in [2.75, 3.05) is 0 Å². The molecule has 1 unspecified atom stereocenters. The lowest BCUT2D eigenvalue weighted by molar-refractivity contribution is -0.123. The van der Waals surface area contributed by atoms with E-state index in [9.17, 15) is 4.79 Å². The molecule has 3 N–H and O–H groups in total. The van der Waals surface area contributed by atoms with Gasteiger partial charge in [-0.3, -0.25) is 4.79 Å². The molecule has 1 aliphatic carbocycles. The van der Waals surface area contributed by atoms with E-state index in [0.29, 0.717) is 0 Å². The second-order valence-electron chi connectivity index (χ2n) is 6.19. The maximum Gasteiger partial charge on any atom is 0.240 e. The summed E-state index contributed by atoms with van der Waals surface area (Å²) in [5, 5.41) is 4.01. The number of thiazole rings is 1. The number of hydrogen-bond acceptors (Lipinski definition) is 4. The number of nitrogens with two attached hydrogens (primary N) is 1. The van der Waals surface area contributed by atoms with Crippen molar-refractivity contribution in [1.29, 1.82) is 0 Å². The van der Waals surface area contributed by atoms with E-state index in [0.717, 1.165) is 34.0 Å². The van der Waals surface area contributed by atoms with Crippen molar-refractivity contribution in [2.24, 2.45) is 5.73 Å². The summed E-state index contributed by atoms with van der Waals surface area (Å²) >= 11 is 1.63. The molecule has 1 heterocycles. The number of aromatic nitrogens is 1. The summed E-state index contributed by atoms with van der Waals surface area (Å²) in [6.07, 6.45) is 1.56. The SMILES string of the molecule is Cc1ccc(-c2nc(C)c(C(C)NC(=O)C3(N)CC3)s2)cc1. The molecule has 1 fully saturated rings. The lowest BCUT2D eigenvalue weighted by atomic mass is 10.1. The van der Waals surface area contributed by atoms with Crippen molar-refractivity contribution in [2.45, 2.75) is 45.2 Å². The Morgan fingerprint density at radius 3 is 2.55 bits per heavy atom. The molecule has 1 amide bonds. The van der Waals surface area contributed by atoms with E-state index in [1.807, 2.05) is 13.8 Å². The first-order chi connectivity index (χ1) is 10.4. The lowest BCUT2D eigenvalue weighted by Gasteiger charge is -2.16. The maximum absolute atomic E-state index is 12.1. The Balaban J connectivity index is 1.79. The fourth-order valence-electron chi connectivity index (χ4n) is 2.40. The van der Waals surface area contributed by atoms with Gasteiger partial charge in [0.25, 0.3) is 0 Å². The third-order valence-electron chi connectivity index (χ3n) is 4.11. The highest BCUT2D eigenvalue weighted by Gasteiger charge is 2.46. The van der Waals surface area contributed by atoms with Crippen molar-refractivity contribution in [3.05, 3.63) is 40.4 Å². The van der Waals surface area contributed by atoms with Gasteiger partial charge in [-0.2, -0.15) is 0 Å². The van der Waals surface area contributed by atoms with Gasteiger partial charge in [-0.25, -0.2) is 4.98 Å². The summed E-state index contributed by atoms with van der Waals surface area (Å²) in [6.45, 7) is 6.05. The number of hydrogen-bond donors (Lipinski definition) is 2. The largest absolute Gasteiger partial charge is 0.347 e. The van der Waals surface area contributed by atoms with Crippen molar-refractivity contribution >= 4 is 17.2 Å². The molecule has 0 bridgehead atoms. The average Bonchev–Trinajstić information content (AvgIpc) is 3.11. The van der Waals surface area contributed by atoms with Crippen LogP contribution in [0.5, 0.6) is 0 Å². The number of rotatable bonds is 4. The van der Waals surface area contributed by atoms with Gasteiger partial charge in [-0.1, -0.05) is 29.8 Å². The summed E-state index contributed by atoms with van der Waals surface area (Å²) in [5.74, 6) is -0.0512.